The molecule has 1 spiro atoms. The first kappa shape index (κ1) is 23.8. The molecule has 0 atom stereocenters. The minimum atomic E-state index is -1.11. The number of rotatable bonds is 7. The zero-order chi connectivity index (χ0) is 23.8. The van der Waals surface area contributed by atoms with Crippen LogP contribution in [0.2, 0.25) is 25.7 Å². The van der Waals surface area contributed by atoms with Gasteiger partial charge in [0.05, 0.1) is 13.2 Å². The summed E-state index contributed by atoms with van der Waals surface area (Å²) < 4.78 is 20.0. The molecule has 1 aliphatic carbocycles. The number of nitrogens with one attached hydrogen (secondary N) is 1. The lowest BCUT2D eigenvalue weighted by Gasteiger charge is -2.32. The number of hydrazine groups is 1. The van der Waals surface area contributed by atoms with Crippen LogP contribution in [0, 0.1) is 0 Å². The van der Waals surface area contributed by atoms with Crippen LogP contribution >= 0.6 is 0 Å². The maximum absolute atomic E-state index is 6.08. The Labute approximate surface area is 203 Å². The van der Waals surface area contributed by atoms with Crippen LogP contribution in [0.5, 0.6) is 0 Å². The van der Waals surface area contributed by atoms with Gasteiger partial charge in [0.1, 0.15) is 12.4 Å². The predicted octanol–water partition coefficient (Wildman–Crippen LogP) is 4.84. The van der Waals surface area contributed by atoms with Crippen molar-refractivity contribution in [2.45, 2.75) is 63.9 Å². The molecule has 0 bridgehead atoms. The molecule has 5 rings (SSSR count). The molecule has 1 saturated heterocycles. The summed E-state index contributed by atoms with van der Waals surface area (Å²) in [7, 11) is 0.928. The normalized spacial score (nSPS) is 20.5. The van der Waals surface area contributed by atoms with E-state index in [1.807, 2.05) is 18.3 Å². The Morgan fingerprint density at radius 3 is 2.65 bits per heavy atom. The van der Waals surface area contributed by atoms with Gasteiger partial charge in [0, 0.05) is 70.7 Å². The Morgan fingerprint density at radius 1 is 1.21 bits per heavy atom. The molecular formula is C26H38N4O3Si. The summed E-state index contributed by atoms with van der Waals surface area (Å²) in [6.07, 6.45) is 12.6. The van der Waals surface area contributed by atoms with E-state index in [4.69, 9.17) is 19.2 Å². The van der Waals surface area contributed by atoms with Crippen molar-refractivity contribution in [3.05, 3.63) is 41.4 Å². The minimum absolute atomic E-state index is 0.326. The Hall–Kier alpha value is -1.97. The third-order valence-electron chi connectivity index (χ3n) is 7.01. The molecule has 0 aromatic carbocycles. The number of allylic oxidation sites excluding steroid dienone is 1. The lowest BCUT2D eigenvalue weighted by molar-refractivity contribution is -0.171. The van der Waals surface area contributed by atoms with Crippen LogP contribution in [-0.2, 0) is 20.9 Å². The fraction of sp³-hybridized carbons (Fsp3) is 0.577. The van der Waals surface area contributed by atoms with Gasteiger partial charge in [0.15, 0.2) is 5.79 Å². The van der Waals surface area contributed by atoms with Crippen LogP contribution in [0.3, 0.4) is 0 Å². The van der Waals surface area contributed by atoms with Crippen LogP contribution in [0.25, 0.3) is 22.7 Å². The number of pyridine rings is 1. The minimum Gasteiger partial charge on any atom is -0.361 e. The van der Waals surface area contributed by atoms with Crippen molar-refractivity contribution in [3.63, 3.8) is 0 Å². The van der Waals surface area contributed by atoms with E-state index in [0.717, 1.165) is 63.3 Å². The molecule has 2 aliphatic heterocycles. The lowest BCUT2D eigenvalue weighted by Crippen LogP contribution is -2.33. The van der Waals surface area contributed by atoms with E-state index in [1.165, 1.54) is 28.1 Å². The molecular weight excluding hydrogens is 444 g/mol. The van der Waals surface area contributed by atoms with Crippen LogP contribution in [0.1, 0.15) is 36.8 Å². The van der Waals surface area contributed by atoms with Gasteiger partial charge in [-0.3, -0.25) is 0 Å². The van der Waals surface area contributed by atoms with E-state index in [9.17, 15) is 0 Å². The summed E-state index contributed by atoms with van der Waals surface area (Å²) in [5.74, 6) is -0.326. The van der Waals surface area contributed by atoms with Gasteiger partial charge >= 0.3 is 0 Å². The van der Waals surface area contributed by atoms with Crippen LogP contribution in [0.4, 0.5) is 0 Å². The largest absolute Gasteiger partial charge is 0.361 e. The zero-order valence-corrected chi connectivity index (χ0v) is 22.0. The summed E-state index contributed by atoms with van der Waals surface area (Å²) >= 11 is 0. The molecule has 0 unspecified atom stereocenters. The highest BCUT2D eigenvalue weighted by Gasteiger charge is 2.38. The van der Waals surface area contributed by atoms with Gasteiger partial charge in [-0.15, -0.1) is 0 Å². The Morgan fingerprint density at radius 2 is 1.97 bits per heavy atom. The van der Waals surface area contributed by atoms with Crippen molar-refractivity contribution in [1.29, 1.82) is 0 Å². The number of nitrogens with zero attached hydrogens (tertiary/aromatic N) is 3. The number of hydrogen-bond acceptors (Lipinski definition) is 6. The first-order valence-corrected chi connectivity index (χ1v) is 16.2. The quantitative estimate of drug-likeness (QED) is 0.450. The molecule has 34 heavy (non-hydrogen) atoms. The first-order chi connectivity index (χ1) is 16.3. The summed E-state index contributed by atoms with van der Waals surface area (Å²) in [5, 5.41) is 3.20. The second-order valence-electron chi connectivity index (χ2n) is 11.0. The van der Waals surface area contributed by atoms with Crippen molar-refractivity contribution in [3.8, 4) is 0 Å². The molecule has 1 saturated carbocycles. The van der Waals surface area contributed by atoms with E-state index in [1.54, 1.807) is 0 Å². The lowest BCUT2D eigenvalue weighted by atomic mass is 9.88. The maximum atomic E-state index is 6.08. The van der Waals surface area contributed by atoms with Gasteiger partial charge in [-0.1, -0.05) is 31.3 Å². The molecule has 3 aliphatic rings. The highest BCUT2D eigenvalue weighted by molar-refractivity contribution is 6.76. The predicted molar refractivity (Wildman–Crippen MR) is 139 cm³/mol. The van der Waals surface area contributed by atoms with Crippen molar-refractivity contribution < 1.29 is 14.2 Å². The number of aromatic nitrogens is 2. The third-order valence-corrected chi connectivity index (χ3v) is 8.72. The van der Waals surface area contributed by atoms with Crippen molar-refractivity contribution in [2.75, 3.05) is 33.4 Å². The van der Waals surface area contributed by atoms with Gasteiger partial charge in [0.2, 0.25) is 0 Å². The maximum Gasteiger partial charge on any atom is 0.169 e. The molecule has 2 aromatic heterocycles. The molecule has 4 heterocycles. The monoisotopic (exact) mass is 482 g/mol. The van der Waals surface area contributed by atoms with Crippen LogP contribution in [-0.4, -0.2) is 61.8 Å². The zero-order valence-electron chi connectivity index (χ0n) is 21.0. The van der Waals surface area contributed by atoms with E-state index in [-0.39, 0.29) is 5.79 Å². The first-order valence-electron chi connectivity index (χ1n) is 12.5. The molecule has 0 radical (unpaired) electrons. The fourth-order valence-corrected chi connectivity index (χ4v) is 5.74. The van der Waals surface area contributed by atoms with Gasteiger partial charge in [0.25, 0.3) is 0 Å². The smallest absolute Gasteiger partial charge is 0.169 e. The van der Waals surface area contributed by atoms with Crippen molar-refractivity contribution in [1.82, 2.24) is 20.0 Å². The summed E-state index contributed by atoms with van der Waals surface area (Å²) in [5.41, 5.74) is 9.45. The van der Waals surface area contributed by atoms with Crippen LogP contribution in [0.15, 0.2) is 30.2 Å². The second kappa shape index (κ2) is 9.58. The average molecular weight is 483 g/mol. The van der Waals surface area contributed by atoms with Gasteiger partial charge in [-0.25, -0.2) is 10.4 Å². The van der Waals surface area contributed by atoms with Crippen molar-refractivity contribution in [2.24, 2.45) is 0 Å². The van der Waals surface area contributed by atoms with E-state index in [0.29, 0.717) is 6.73 Å². The summed E-state index contributed by atoms with van der Waals surface area (Å²) in [6.45, 7) is 10.7. The Balaban J connectivity index is 1.38. The SMILES string of the molecule is CN1C=C(c2cn(COCC[Si](C)(C)C)c3ncc(C=C4CCC5(CC4)OCCO5)cc23)CN1. The van der Waals surface area contributed by atoms with Crippen molar-refractivity contribution >= 4 is 30.8 Å². The molecule has 7 nitrogen and oxygen atoms in total. The third kappa shape index (κ3) is 5.31. The molecule has 2 aromatic rings. The Kier molecular flexibility index (Phi) is 6.70. The fourth-order valence-electron chi connectivity index (χ4n) is 4.98. The summed E-state index contributed by atoms with van der Waals surface area (Å²) in [4.78, 5) is 4.89. The highest BCUT2D eigenvalue weighted by Crippen LogP contribution is 2.39. The highest BCUT2D eigenvalue weighted by atomic mass is 28.3. The molecule has 2 fully saturated rings. The second-order valence-corrected chi connectivity index (χ2v) is 16.6. The molecule has 0 amide bonds. The van der Waals surface area contributed by atoms with E-state index < -0.39 is 8.07 Å². The number of fused-ring (bicyclic) bond motifs is 1. The molecule has 8 heteroatoms. The average Bonchev–Trinajstić information content (AvgIpc) is 3.52. The van der Waals surface area contributed by atoms with E-state index >= 15 is 0 Å². The van der Waals surface area contributed by atoms with Crippen LogP contribution < -0.4 is 5.43 Å². The number of hydrogen-bond donors (Lipinski definition) is 1. The van der Waals surface area contributed by atoms with E-state index in [2.05, 4.69) is 54.2 Å². The van der Waals surface area contributed by atoms with Gasteiger partial charge in [-0.2, -0.15) is 0 Å². The standard InChI is InChI=1S/C26H38N4O3Si/c1-29-17-22(16-28-29)24-18-30(19-31-11-12-34(2,3)4)25-23(24)14-21(15-27-25)13-20-5-7-26(8-6-20)32-9-10-33-26/h13-15,17-18,28H,5-12,16,19H2,1-4H3. The molecule has 1 N–H and O–H groups in total. The molecule has 184 valence electrons. The Bertz CT molecular complexity index is 1080. The topological polar surface area (TPSA) is 60.8 Å². The van der Waals surface area contributed by atoms with Gasteiger partial charge in [-0.05, 0) is 36.1 Å². The van der Waals surface area contributed by atoms with Gasteiger partial charge < -0.3 is 23.8 Å². The summed E-state index contributed by atoms with van der Waals surface area (Å²) in [6, 6.07) is 3.46. The number of ether oxygens (including phenoxy) is 3.